The van der Waals surface area contributed by atoms with Gasteiger partial charge in [-0.15, -0.1) is 0 Å². The lowest BCUT2D eigenvalue weighted by molar-refractivity contribution is -0.133. The minimum absolute atomic E-state index is 0.0190. The van der Waals surface area contributed by atoms with Crippen LogP contribution < -0.4 is 5.32 Å². The van der Waals surface area contributed by atoms with E-state index in [1.54, 1.807) is 29.2 Å². The highest BCUT2D eigenvalue weighted by Crippen LogP contribution is 2.23. The molecule has 0 bridgehead atoms. The molecule has 3 rings (SSSR count). The van der Waals surface area contributed by atoms with Gasteiger partial charge in [-0.1, -0.05) is 55.5 Å². The molecule has 1 saturated heterocycles. The number of hydrogen-bond acceptors (Lipinski definition) is 4. The first-order chi connectivity index (χ1) is 14.4. The lowest BCUT2D eigenvalue weighted by Crippen LogP contribution is -2.43. The van der Waals surface area contributed by atoms with E-state index in [4.69, 9.17) is 0 Å². The van der Waals surface area contributed by atoms with Crippen LogP contribution in [0, 0.1) is 0 Å². The third-order valence-corrected chi connectivity index (χ3v) is 7.11. The van der Waals surface area contributed by atoms with Crippen LogP contribution in [0.4, 0.5) is 0 Å². The standard InChI is InChI=1S/C23H28N2O4S/c1-2-14-25(20-13-15-30(28,29)17-20)22(26)16-21(18-9-5-3-6-10-18)24-23(27)19-11-7-4-8-12-19/h3-12,20-21H,2,13-17H2,1H3,(H,24,27). The van der Waals surface area contributed by atoms with Crippen molar-refractivity contribution in [1.29, 1.82) is 0 Å². The van der Waals surface area contributed by atoms with Gasteiger partial charge in [0, 0.05) is 18.2 Å². The summed E-state index contributed by atoms with van der Waals surface area (Å²) in [6.45, 7) is 2.47. The van der Waals surface area contributed by atoms with Crippen molar-refractivity contribution in [3.8, 4) is 0 Å². The van der Waals surface area contributed by atoms with Crippen molar-refractivity contribution >= 4 is 21.7 Å². The summed E-state index contributed by atoms with van der Waals surface area (Å²) in [5.74, 6) is -0.243. The predicted molar refractivity (Wildman–Crippen MR) is 117 cm³/mol. The minimum Gasteiger partial charge on any atom is -0.345 e. The van der Waals surface area contributed by atoms with E-state index < -0.39 is 15.9 Å². The average molecular weight is 429 g/mol. The van der Waals surface area contributed by atoms with Gasteiger partial charge in [0.15, 0.2) is 9.84 Å². The Morgan fingerprint density at radius 3 is 2.27 bits per heavy atom. The van der Waals surface area contributed by atoms with Crippen molar-refractivity contribution in [2.45, 2.75) is 38.3 Å². The van der Waals surface area contributed by atoms with Crippen LogP contribution in [0.3, 0.4) is 0 Å². The van der Waals surface area contributed by atoms with Gasteiger partial charge in [0.2, 0.25) is 5.91 Å². The van der Waals surface area contributed by atoms with Crippen LogP contribution in [0.5, 0.6) is 0 Å². The summed E-state index contributed by atoms with van der Waals surface area (Å²) >= 11 is 0. The number of sulfone groups is 1. The first-order valence-electron chi connectivity index (χ1n) is 10.3. The number of carbonyl (C=O) groups excluding carboxylic acids is 2. The highest BCUT2D eigenvalue weighted by atomic mass is 32.2. The Bertz CT molecular complexity index is 961. The fraction of sp³-hybridized carbons (Fsp3) is 0.391. The summed E-state index contributed by atoms with van der Waals surface area (Å²) in [6, 6.07) is 17.5. The second kappa shape index (κ2) is 9.89. The number of amides is 2. The van der Waals surface area contributed by atoms with E-state index in [-0.39, 0.29) is 35.8 Å². The Kier molecular flexibility index (Phi) is 7.26. The number of rotatable bonds is 8. The van der Waals surface area contributed by atoms with Crippen LogP contribution in [0.1, 0.15) is 48.1 Å². The Morgan fingerprint density at radius 1 is 1.07 bits per heavy atom. The molecule has 7 heteroatoms. The summed E-state index contributed by atoms with van der Waals surface area (Å²) in [5, 5.41) is 2.98. The SMILES string of the molecule is CCCN(C(=O)CC(NC(=O)c1ccccc1)c1ccccc1)C1CCS(=O)(=O)C1. The second-order valence-electron chi connectivity index (χ2n) is 7.65. The topological polar surface area (TPSA) is 83.6 Å². The molecule has 1 fully saturated rings. The van der Waals surface area contributed by atoms with Gasteiger partial charge < -0.3 is 10.2 Å². The van der Waals surface area contributed by atoms with Crippen LogP contribution in [0.2, 0.25) is 0 Å². The number of benzene rings is 2. The number of carbonyl (C=O) groups is 2. The van der Waals surface area contributed by atoms with Crippen molar-refractivity contribution in [3.05, 3.63) is 71.8 Å². The molecular formula is C23H28N2O4S. The van der Waals surface area contributed by atoms with E-state index in [0.29, 0.717) is 18.5 Å². The number of nitrogens with one attached hydrogen (secondary N) is 1. The molecule has 0 saturated carbocycles. The molecular weight excluding hydrogens is 400 g/mol. The van der Waals surface area contributed by atoms with Gasteiger partial charge in [0.05, 0.1) is 24.0 Å². The maximum absolute atomic E-state index is 13.2. The average Bonchev–Trinajstić information content (AvgIpc) is 3.11. The molecule has 2 unspecified atom stereocenters. The van der Waals surface area contributed by atoms with Crippen molar-refractivity contribution in [1.82, 2.24) is 10.2 Å². The van der Waals surface area contributed by atoms with E-state index in [9.17, 15) is 18.0 Å². The number of nitrogens with zero attached hydrogens (tertiary/aromatic N) is 1. The molecule has 0 aliphatic carbocycles. The van der Waals surface area contributed by atoms with Gasteiger partial charge in [-0.3, -0.25) is 9.59 Å². The first-order valence-corrected chi connectivity index (χ1v) is 12.1. The zero-order valence-corrected chi connectivity index (χ0v) is 18.0. The van der Waals surface area contributed by atoms with E-state index in [2.05, 4.69) is 5.32 Å². The molecule has 2 amide bonds. The molecule has 2 aromatic rings. The third-order valence-electron chi connectivity index (χ3n) is 5.36. The molecule has 0 aromatic heterocycles. The fourth-order valence-electron chi connectivity index (χ4n) is 3.83. The maximum Gasteiger partial charge on any atom is 0.251 e. The molecule has 1 aliphatic rings. The zero-order valence-electron chi connectivity index (χ0n) is 17.2. The molecule has 0 spiro atoms. The lowest BCUT2D eigenvalue weighted by atomic mass is 10.0. The van der Waals surface area contributed by atoms with Crippen molar-refractivity contribution in [3.63, 3.8) is 0 Å². The van der Waals surface area contributed by atoms with E-state index >= 15 is 0 Å². The molecule has 30 heavy (non-hydrogen) atoms. The highest BCUT2D eigenvalue weighted by molar-refractivity contribution is 7.91. The van der Waals surface area contributed by atoms with Crippen molar-refractivity contribution in [2.75, 3.05) is 18.1 Å². The minimum atomic E-state index is -3.09. The van der Waals surface area contributed by atoms with Gasteiger partial charge in [-0.25, -0.2) is 8.42 Å². The smallest absolute Gasteiger partial charge is 0.251 e. The fourth-order valence-corrected chi connectivity index (χ4v) is 5.56. The Labute approximate surface area is 178 Å². The first kappa shape index (κ1) is 22.0. The van der Waals surface area contributed by atoms with Crippen LogP contribution in [0.25, 0.3) is 0 Å². The summed E-state index contributed by atoms with van der Waals surface area (Å²) < 4.78 is 23.8. The van der Waals surface area contributed by atoms with Crippen LogP contribution in [-0.2, 0) is 14.6 Å². The highest BCUT2D eigenvalue weighted by Gasteiger charge is 2.35. The summed E-state index contributed by atoms with van der Waals surface area (Å²) in [4.78, 5) is 27.6. The van der Waals surface area contributed by atoms with Gasteiger partial charge in [-0.2, -0.15) is 0 Å². The largest absolute Gasteiger partial charge is 0.345 e. The molecule has 6 nitrogen and oxygen atoms in total. The van der Waals surface area contributed by atoms with Crippen LogP contribution in [-0.4, -0.2) is 49.2 Å². The van der Waals surface area contributed by atoms with Crippen molar-refractivity contribution < 1.29 is 18.0 Å². The summed E-state index contributed by atoms with van der Waals surface area (Å²) in [5.41, 5.74) is 1.36. The molecule has 1 aliphatic heterocycles. The van der Waals surface area contributed by atoms with Gasteiger partial charge in [0.1, 0.15) is 0 Å². The molecule has 1 N–H and O–H groups in total. The normalized spacial score (nSPS) is 18.5. The van der Waals surface area contributed by atoms with Gasteiger partial charge in [0.25, 0.3) is 5.91 Å². The predicted octanol–water partition coefficient (Wildman–Crippen LogP) is 2.97. The van der Waals surface area contributed by atoms with Gasteiger partial charge in [-0.05, 0) is 30.5 Å². The van der Waals surface area contributed by atoms with Crippen LogP contribution >= 0.6 is 0 Å². The molecule has 2 aromatic carbocycles. The zero-order chi connectivity index (χ0) is 21.6. The Morgan fingerprint density at radius 2 is 1.70 bits per heavy atom. The Balaban J connectivity index is 1.79. The maximum atomic E-state index is 13.2. The van der Waals surface area contributed by atoms with Crippen LogP contribution in [0.15, 0.2) is 60.7 Å². The third kappa shape index (κ3) is 5.69. The van der Waals surface area contributed by atoms with Crippen molar-refractivity contribution in [2.24, 2.45) is 0 Å². The monoisotopic (exact) mass is 428 g/mol. The molecule has 0 radical (unpaired) electrons. The quantitative estimate of drug-likeness (QED) is 0.701. The van der Waals surface area contributed by atoms with E-state index in [1.807, 2.05) is 43.3 Å². The summed E-state index contributed by atoms with van der Waals surface area (Å²) in [6.07, 6.45) is 1.30. The lowest BCUT2D eigenvalue weighted by Gasteiger charge is -2.30. The number of hydrogen-bond donors (Lipinski definition) is 1. The molecule has 160 valence electrons. The van der Waals surface area contributed by atoms with Gasteiger partial charge >= 0.3 is 0 Å². The van der Waals surface area contributed by atoms with E-state index in [0.717, 1.165) is 12.0 Å². The van der Waals surface area contributed by atoms with E-state index in [1.165, 1.54) is 0 Å². The summed E-state index contributed by atoms with van der Waals surface area (Å²) in [7, 11) is -3.09. The Hall–Kier alpha value is -2.67. The second-order valence-corrected chi connectivity index (χ2v) is 9.88. The molecule has 2 atom stereocenters. The molecule has 1 heterocycles.